The van der Waals surface area contributed by atoms with Gasteiger partial charge in [-0.1, -0.05) is 12.1 Å². The molecular weight excluding hydrogens is 544 g/mol. The molecule has 5 aromatic rings. The Morgan fingerprint density at radius 3 is 2.58 bits per heavy atom. The maximum absolute atomic E-state index is 14.1. The highest BCUT2D eigenvalue weighted by Crippen LogP contribution is 2.33. The molecule has 1 unspecified atom stereocenters. The number of hydrogen-bond acceptors (Lipinski definition) is 10. The Kier molecular flexibility index (Phi) is 7.84. The summed E-state index contributed by atoms with van der Waals surface area (Å²) >= 11 is 0. The molecule has 0 saturated heterocycles. The van der Waals surface area contributed by atoms with E-state index >= 15 is 0 Å². The van der Waals surface area contributed by atoms with Gasteiger partial charge in [-0.15, -0.1) is 0 Å². The number of nitrogens with one attached hydrogen (secondary N) is 1. The van der Waals surface area contributed by atoms with Crippen molar-refractivity contribution in [2.24, 2.45) is 0 Å². The van der Waals surface area contributed by atoms with E-state index in [9.17, 15) is 4.79 Å². The van der Waals surface area contributed by atoms with Gasteiger partial charge < -0.3 is 19.7 Å². The zero-order valence-corrected chi connectivity index (χ0v) is 23.7. The van der Waals surface area contributed by atoms with E-state index in [0.717, 1.165) is 33.6 Å². The summed E-state index contributed by atoms with van der Waals surface area (Å²) in [6.07, 6.45) is 6.41. The van der Waals surface area contributed by atoms with Crippen LogP contribution in [0.3, 0.4) is 0 Å². The first-order chi connectivity index (χ1) is 21.0. The van der Waals surface area contributed by atoms with Gasteiger partial charge in [0.05, 0.1) is 55.9 Å². The van der Waals surface area contributed by atoms with Crippen LogP contribution in [0.15, 0.2) is 73.3 Å². The van der Waals surface area contributed by atoms with Crippen LogP contribution in [0.25, 0.3) is 10.9 Å². The van der Waals surface area contributed by atoms with Crippen molar-refractivity contribution in [3.05, 3.63) is 113 Å². The van der Waals surface area contributed by atoms with E-state index in [1.807, 2.05) is 31.2 Å². The van der Waals surface area contributed by atoms with Crippen LogP contribution in [0.4, 0.5) is 5.82 Å². The Morgan fingerprint density at radius 1 is 1.07 bits per heavy atom. The van der Waals surface area contributed by atoms with Crippen molar-refractivity contribution < 1.29 is 14.3 Å². The van der Waals surface area contributed by atoms with Crippen molar-refractivity contribution in [2.45, 2.75) is 39.3 Å². The number of aromatic nitrogens is 5. The predicted octanol–water partition coefficient (Wildman–Crippen LogP) is 4.74. The number of nitriles is 1. The Balaban J connectivity index is 1.31. The monoisotopic (exact) mass is 572 g/mol. The van der Waals surface area contributed by atoms with E-state index in [-0.39, 0.29) is 18.1 Å². The maximum Gasteiger partial charge on any atom is 0.273 e. The summed E-state index contributed by atoms with van der Waals surface area (Å²) in [7, 11) is 1.64. The molecule has 6 rings (SSSR count). The van der Waals surface area contributed by atoms with E-state index in [4.69, 9.17) is 19.7 Å². The Labute approximate surface area is 248 Å². The molecule has 1 aliphatic heterocycles. The molecule has 0 saturated carbocycles. The molecule has 1 atom stereocenters. The van der Waals surface area contributed by atoms with Gasteiger partial charge in [0, 0.05) is 36.1 Å². The highest BCUT2D eigenvalue weighted by atomic mass is 16.5. The molecule has 0 spiro atoms. The third-order valence-electron chi connectivity index (χ3n) is 7.40. The van der Waals surface area contributed by atoms with Crippen LogP contribution in [-0.2, 0) is 31.0 Å². The third kappa shape index (κ3) is 5.82. The standard InChI is InChI=1S/C32H28N8O3/c1-20(30-34-10-3-11-35-30)40(17-23-7-4-22(13-33)15-36-23)32(41)28-12-25-26-18-43-19-27(26)31(39-29(25)16-37-28)38-14-21-5-8-24(42-2)9-6-21/h3-12,15-16,20H,14,17-19H2,1-2H3,(H,38,39). The number of methoxy groups -OCH3 is 1. The molecule has 43 heavy (non-hydrogen) atoms. The topological polar surface area (TPSA) is 139 Å². The van der Waals surface area contributed by atoms with Gasteiger partial charge in [-0.3, -0.25) is 9.78 Å². The lowest BCUT2D eigenvalue weighted by molar-refractivity contribution is 0.0657. The molecule has 11 nitrogen and oxygen atoms in total. The minimum absolute atomic E-state index is 0.178. The fraction of sp³-hybridized carbons (Fsp3) is 0.219. The first-order valence-corrected chi connectivity index (χ1v) is 13.7. The van der Waals surface area contributed by atoms with Gasteiger partial charge in [-0.2, -0.15) is 5.26 Å². The van der Waals surface area contributed by atoms with Crippen molar-refractivity contribution in [1.82, 2.24) is 29.8 Å². The number of fused-ring (bicyclic) bond motifs is 3. The second-order valence-corrected chi connectivity index (χ2v) is 10.1. The quantitative estimate of drug-likeness (QED) is 0.263. The molecule has 1 aromatic carbocycles. The zero-order chi connectivity index (χ0) is 29.8. The number of amides is 1. The lowest BCUT2D eigenvalue weighted by atomic mass is 10.0. The van der Waals surface area contributed by atoms with Crippen LogP contribution in [0.1, 0.15) is 57.2 Å². The van der Waals surface area contributed by atoms with Gasteiger partial charge >= 0.3 is 0 Å². The van der Waals surface area contributed by atoms with Crippen LogP contribution in [0.2, 0.25) is 0 Å². The van der Waals surface area contributed by atoms with Gasteiger partial charge in [-0.25, -0.2) is 19.9 Å². The highest BCUT2D eigenvalue weighted by molar-refractivity contribution is 5.97. The number of carbonyl (C=O) groups is 1. The van der Waals surface area contributed by atoms with Gasteiger partial charge in [0.1, 0.15) is 29.2 Å². The van der Waals surface area contributed by atoms with Gasteiger partial charge in [-0.05, 0) is 54.4 Å². The summed E-state index contributed by atoms with van der Waals surface area (Å²) in [6.45, 7) is 3.46. The fourth-order valence-electron chi connectivity index (χ4n) is 5.00. The normalized spacial score (nSPS) is 12.8. The fourth-order valence-corrected chi connectivity index (χ4v) is 5.00. The largest absolute Gasteiger partial charge is 0.497 e. The predicted molar refractivity (Wildman–Crippen MR) is 158 cm³/mol. The second kappa shape index (κ2) is 12.2. The summed E-state index contributed by atoms with van der Waals surface area (Å²) < 4.78 is 11.1. The molecule has 0 aliphatic carbocycles. The molecule has 1 amide bonds. The smallest absolute Gasteiger partial charge is 0.273 e. The lowest BCUT2D eigenvalue weighted by Gasteiger charge is -2.28. The van der Waals surface area contributed by atoms with Crippen LogP contribution in [0.5, 0.6) is 5.75 Å². The SMILES string of the molecule is COc1ccc(CNc2nc3cnc(C(=O)N(Cc4ccc(C#N)cn4)C(C)c4ncccn4)cc3c3c2COC3)cc1. The molecule has 4 aromatic heterocycles. The van der Waals surface area contributed by atoms with Crippen molar-refractivity contribution in [3.8, 4) is 11.8 Å². The molecule has 11 heteroatoms. The van der Waals surface area contributed by atoms with Gasteiger partial charge in [0.2, 0.25) is 0 Å². The molecule has 1 N–H and O–H groups in total. The minimum atomic E-state index is -0.472. The van der Waals surface area contributed by atoms with Crippen LogP contribution < -0.4 is 10.1 Å². The van der Waals surface area contributed by atoms with Crippen LogP contribution in [0, 0.1) is 11.3 Å². The first kappa shape index (κ1) is 27.7. The summed E-state index contributed by atoms with van der Waals surface area (Å²) in [5, 5.41) is 13.4. The molecule has 0 fully saturated rings. The number of pyridine rings is 3. The molecule has 1 aliphatic rings. The van der Waals surface area contributed by atoms with Crippen molar-refractivity contribution in [2.75, 3.05) is 12.4 Å². The number of anilines is 1. The van der Waals surface area contributed by atoms with E-state index < -0.39 is 6.04 Å². The number of carbonyl (C=O) groups excluding carboxylic acids is 1. The number of rotatable bonds is 9. The third-order valence-corrected chi connectivity index (χ3v) is 7.40. The average molecular weight is 573 g/mol. The summed E-state index contributed by atoms with van der Waals surface area (Å²) in [6, 6.07) is 16.4. The van der Waals surface area contributed by atoms with Crippen LogP contribution >= 0.6 is 0 Å². The van der Waals surface area contributed by atoms with Crippen LogP contribution in [-0.4, -0.2) is 42.8 Å². The van der Waals surface area contributed by atoms with Crippen molar-refractivity contribution >= 4 is 22.6 Å². The molecule has 0 radical (unpaired) electrons. The zero-order valence-electron chi connectivity index (χ0n) is 23.7. The van der Waals surface area contributed by atoms with Gasteiger partial charge in [0.15, 0.2) is 0 Å². The minimum Gasteiger partial charge on any atom is -0.497 e. The molecular formula is C32H28N8O3. The van der Waals surface area contributed by atoms with E-state index in [2.05, 4.69) is 31.3 Å². The highest BCUT2D eigenvalue weighted by Gasteiger charge is 2.28. The number of benzene rings is 1. The van der Waals surface area contributed by atoms with E-state index in [0.29, 0.717) is 42.4 Å². The van der Waals surface area contributed by atoms with Gasteiger partial charge in [0.25, 0.3) is 5.91 Å². The summed E-state index contributed by atoms with van der Waals surface area (Å²) in [5.74, 6) is 1.73. The average Bonchev–Trinajstić information content (AvgIpc) is 3.57. The number of hydrogen-bond donors (Lipinski definition) is 1. The maximum atomic E-state index is 14.1. The summed E-state index contributed by atoms with van der Waals surface area (Å²) in [5.41, 5.74) is 5.03. The molecule has 5 heterocycles. The molecule has 214 valence electrons. The van der Waals surface area contributed by atoms with Crippen molar-refractivity contribution in [1.29, 1.82) is 5.26 Å². The number of ether oxygens (including phenoxy) is 2. The lowest BCUT2D eigenvalue weighted by Crippen LogP contribution is -2.35. The Hall–Kier alpha value is -5.47. The first-order valence-electron chi connectivity index (χ1n) is 13.7. The summed E-state index contributed by atoms with van der Waals surface area (Å²) in [4.78, 5) is 38.2. The van der Waals surface area contributed by atoms with E-state index in [1.54, 1.807) is 54.9 Å². The molecule has 0 bridgehead atoms. The Morgan fingerprint density at radius 2 is 1.86 bits per heavy atom. The number of nitrogens with zero attached hydrogens (tertiary/aromatic N) is 7. The second-order valence-electron chi connectivity index (χ2n) is 10.1. The van der Waals surface area contributed by atoms with E-state index in [1.165, 1.54) is 6.20 Å². The Bertz CT molecular complexity index is 1810. The van der Waals surface area contributed by atoms with Crippen molar-refractivity contribution in [3.63, 3.8) is 0 Å².